The lowest BCUT2D eigenvalue weighted by molar-refractivity contribution is 0.565. The van der Waals surface area contributed by atoms with E-state index in [-0.39, 0.29) is 13.2 Å². The van der Waals surface area contributed by atoms with E-state index < -0.39 is 0 Å². The molecule has 0 aromatic carbocycles. The van der Waals surface area contributed by atoms with Crippen LogP contribution in [0.5, 0.6) is 0 Å². The molecule has 0 radical (unpaired) electrons. The van der Waals surface area contributed by atoms with Crippen molar-refractivity contribution in [2.45, 2.75) is 40.2 Å². The zero-order chi connectivity index (χ0) is 11.9. The molecule has 0 spiro atoms. The second-order valence-electron chi connectivity index (χ2n) is 4.59. The minimum atomic E-state index is 0. The first-order valence-corrected chi connectivity index (χ1v) is 6.21. The van der Waals surface area contributed by atoms with E-state index in [1.807, 2.05) is 32.3 Å². The Morgan fingerprint density at radius 3 is 2.62 bits per heavy atom. The Kier molecular flexibility index (Phi) is 2.78. The lowest BCUT2D eigenvalue weighted by Crippen LogP contribution is -2.35. The van der Waals surface area contributed by atoms with Crippen molar-refractivity contribution in [3.8, 4) is 0 Å². The molecule has 1 aromatic rings. The van der Waals surface area contributed by atoms with E-state index >= 15 is 0 Å². The largest absolute Gasteiger partial charge is 0.326 e. The molecule has 3 rings (SSSR count). The SMILES string of the molecule is CC.CC(C)n1c(=O)[nH]c2c1=CC1CC1C=2.[HH]. The lowest BCUT2D eigenvalue weighted by atomic mass is 10.2. The number of fused-ring (bicyclic) bond motifs is 2. The lowest BCUT2D eigenvalue weighted by Gasteiger charge is -2.05. The van der Waals surface area contributed by atoms with Crippen LogP contribution in [0, 0.1) is 11.8 Å². The van der Waals surface area contributed by atoms with Crippen LogP contribution in [0.15, 0.2) is 4.79 Å². The van der Waals surface area contributed by atoms with Gasteiger partial charge < -0.3 is 4.98 Å². The normalized spacial score (nSPS) is 24.6. The van der Waals surface area contributed by atoms with Gasteiger partial charge in [0.25, 0.3) is 0 Å². The third-order valence-electron chi connectivity index (χ3n) is 3.16. The van der Waals surface area contributed by atoms with Crippen molar-refractivity contribution in [2.75, 3.05) is 0 Å². The van der Waals surface area contributed by atoms with Gasteiger partial charge in [0.1, 0.15) is 0 Å². The monoisotopic (exact) mass is 222 g/mol. The van der Waals surface area contributed by atoms with Crippen LogP contribution >= 0.6 is 0 Å². The van der Waals surface area contributed by atoms with Gasteiger partial charge in [-0.25, -0.2) is 4.79 Å². The molecule has 1 fully saturated rings. The molecule has 0 amide bonds. The first-order valence-electron chi connectivity index (χ1n) is 6.21. The van der Waals surface area contributed by atoms with Crippen LogP contribution in [0.3, 0.4) is 0 Å². The van der Waals surface area contributed by atoms with Gasteiger partial charge in [0.15, 0.2) is 0 Å². The quantitative estimate of drug-likeness (QED) is 0.762. The molecule has 1 saturated carbocycles. The number of aromatic nitrogens is 2. The van der Waals surface area contributed by atoms with Crippen molar-refractivity contribution in [1.29, 1.82) is 0 Å². The van der Waals surface area contributed by atoms with Crippen LogP contribution in [0.1, 0.15) is 41.6 Å². The highest BCUT2D eigenvalue weighted by molar-refractivity contribution is 5.46. The standard InChI is InChI=1S/C11H14N2O.C2H6.H2/c1-6(2)13-10-5-8-3-7(8)4-9(10)12-11(13)14;1-2;/h4-8H,3H2,1-2H3,(H,12,14);1-2H3;1H. The fourth-order valence-corrected chi connectivity index (χ4v) is 2.32. The Balaban J connectivity index is 0.000000459. The van der Waals surface area contributed by atoms with Gasteiger partial charge in [-0.3, -0.25) is 4.57 Å². The average molecular weight is 222 g/mol. The fraction of sp³-hybridized carbons (Fsp3) is 0.615. The molecule has 0 bridgehead atoms. The molecule has 2 aliphatic carbocycles. The van der Waals surface area contributed by atoms with E-state index in [1.54, 1.807) is 0 Å². The van der Waals surface area contributed by atoms with E-state index in [9.17, 15) is 4.79 Å². The Morgan fingerprint density at radius 2 is 2.00 bits per heavy atom. The smallest absolute Gasteiger partial charge is 0.306 e. The number of imidazole rings is 1. The molecule has 0 saturated heterocycles. The first-order chi connectivity index (χ1) is 7.66. The van der Waals surface area contributed by atoms with Gasteiger partial charge in [0.2, 0.25) is 0 Å². The van der Waals surface area contributed by atoms with Crippen molar-refractivity contribution in [3.05, 3.63) is 21.2 Å². The number of hydrogen-bond acceptors (Lipinski definition) is 1. The molecule has 1 aromatic heterocycles. The van der Waals surface area contributed by atoms with Crippen molar-refractivity contribution >= 4 is 12.2 Å². The molecule has 16 heavy (non-hydrogen) atoms. The van der Waals surface area contributed by atoms with Crippen LogP contribution in [0.2, 0.25) is 0 Å². The highest BCUT2D eigenvalue weighted by Gasteiger charge is 2.35. The van der Waals surface area contributed by atoms with E-state index in [2.05, 4.69) is 17.1 Å². The van der Waals surface area contributed by atoms with Crippen LogP contribution in [0.25, 0.3) is 12.2 Å². The van der Waals surface area contributed by atoms with Crippen molar-refractivity contribution in [3.63, 3.8) is 0 Å². The van der Waals surface area contributed by atoms with E-state index in [4.69, 9.17) is 0 Å². The van der Waals surface area contributed by atoms with Crippen LogP contribution < -0.4 is 16.4 Å². The summed E-state index contributed by atoms with van der Waals surface area (Å²) in [5, 5.41) is 2.13. The molecule has 3 heteroatoms. The van der Waals surface area contributed by atoms with E-state index in [0.29, 0.717) is 11.8 Å². The van der Waals surface area contributed by atoms with Crippen molar-refractivity contribution in [1.82, 2.24) is 9.55 Å². The fourth-order valence-electron chi connectivity index (χ4n) is 2.32. The van der Waals surface area contributed by atoms with Gasteiger partial charge in [-0.2, -0.15) is 0 Å². The highest BCUT2D eigenvalue weighted by Crippen LogP contribution is 2.41. The summed E-state index contributed by atoms with van der Waals surface area (Å²) in [6.07, 6.45) is 5.72. The molecule has 2 unspecified atom stereocenters. The maximum absolute atomic E-state index is 11.6. The van der Waals surface area contributed by atoms with Crippen LogP contribution in [-0.4, -0.2) is 9.55 Å². The van der Waals surface area contributed by atoms with Gasteiger partial charge in [0.05, 0.1) is 10.7 Å². The summed E-state index contributed by atoms with van der Waals surface area (Å²) in [7, 11) is 0. The molecule has 90 valence electrons. The Labute approximate surface area is 97.0 Å². The highest BCUT2D eigenvalue weighted by atomic mass is 16.1. The summed E-state index contributed by atoms with van der Waals surface area (Å²) >= 11 is 0. The van der Waals surface area contributed by atoms with Crippen molar-refractivity contribution in [2.24, 2.45) is 11.8 Å². The van der Waals surface area contributed by atoms with Gasteiger partial charge in [0, 0.05) is 7.47 Å². The van der Waals surface area contributed by atoms with E-state index in [1.165, 1.54) is 6.42 Å². The minimum absolute atomic E-state index is 0. The van der Waals surface area contributed by atoms with Gasteiger partial charge in [-0.05, 0) is 32.1 Å². The summed E-state index contributed by atoms with van der Waals surface area (Å²) in [5.41, 5.74) is 0.0267. The molecule has 1 N–H and O–H groups in total. The Morgan fingerprint density at radius 1 is 1.38 bits per heavy atom. The van der Waals surface area contributed by atoms with Crippen molar-refractivity contribution < 1.29 is 1.43 Å². The second kappa shape index (κ2) is 3.96. The maximum atomic E-state index is 11.6. The molecule has 1 heterocycles. The number of aromatic amines is 1. The predicted octanol–water partition coefficient (Wildman–Crippen LogP) is 1.24. The molecule has 3 nitrogen and oxygen atoms in total. The third kappa shape index (κ3) is 1.64. The number of nitrogens with one attached hydrogen (secondary N) is 1. The predicted molar refractivity (Wildman–Crippen MR) is 68.7 cm³/mol. The molecule has 0 aliphatic heterocycles. The minimum Gasteiger partial charge on any atom is -0.306 e. The number of rotatable bonds is 1. The summed E-state index contributed by atoms with van der Waals surface area (Å²) in [5.74, 6) is 1.39. The molecular formula is C13H22N2O. The zero-order valence-electron chi connectivity index (χ0n) is 10.4. The van der Waals surface area contributed by atoms with Gasteiger partial charge in [-0.15, -0.1) is 0 Å². The topological polar surface area (TPSA) is 37.8 Å². The van der Waals surface area contributed by atoms with Crippen LogP contribution in [0.4, 0.5) is 0 Å². The zero-order valence-corrected chi connectivity index (χ0v) is 10.4. The maximum Gasteiger partial charge on any atom is 0.326 e. The third-order valence-corrected chi connectivity index (χ3v) is 3.16. The number of nitrogens with zero attached hydrogens (tertiary/aromatic N) is 1. The molecule has 2 atom stereocenters. The summed E-state index contributed by atoms with van der Waals surface area (Å²) in [6.45, 7) is 8.09. The Hall–Kier alpha value is -1.25. The van der Waals surface area contributed by atoms with E-state index in [0.717, 1.165) is 10.7 Å². The summed E-state index contributed by atoms with van der Waals surface area (Å²) in [4.78, 5) is 14.6. The number of H-pyrrole nitrogens is 1. The van der Waals surface area contributed by atoms with Crippen LogP contribution in [-0.2, 0) is 0 Å². The second-order valence-corrected chi connectivity index (χ2v) is 4.59. The number of hydrogen-bond donors (Lipinski definition) is 1. The Bertz CT molecular complexity index is 553. The molecule has 2 aliphatic rings. The summed E-state index contributed by atoms with van der Waals surface area (Å²) in [6, 6.07) is 0.238. The first kappa shape index (κ1) is 11.2. The van der Waals surface area contributed by atoms with Gasteiger partial charge >= 0.3 is 5.69 Å². The summed E-state index contributed by atoms with van der Waals surface area (Å²) < 4.78 is 1.85. The van der Waals surface area contributed by atoms with Gasteiger partial charge in [-0.1, -0.05) is 26.0 Å². The molecular weight excluding hydrogens is 200 g/mol. The average Bonchev–Trinajstić information content (AvgIpc) is 2.91.